The van der Waals surface area contributed by atoms with E-state index < -0.39 is 23.3 Å². The van der Waals surface area contributed by atoms with Crippen LogP contribution in [0.25, 0.3) is 0 Å². The van der Waals surface area contributed by atoms with Crippen molar-refractivity contribution in [1.29, 1.82) is 0 Å². The van der Waals surface area contributed by atoms with Gasteiger partial charge in [-0.1, -0.05) is 11.6 Å². The molecule has 0 bridgehead atoms. The van der Waals surface area contributed by atoms with Gasteiger partial charge < -0.3 is 5.11 Å². The predicted molar refractivity (Wildman–Crippen MR) is 82.3 cm³/mol. The summed E-state index contributed by atoms with van der Waals surface area (Å²) in [5.74, 6) is -1.62. The average Bonchev–Trinajstić information content (AvgIpc) is 2.37. The monoisotopic (exact) mass is 458 g/mol. The summed E-state index contributed by atoms with van der Waals surface area (Å²) in [7, 11) is 0. The summed E-state index contributed by atoms with van der Waals surface area (Å²) in [4.78, 5) is 0. The Morgan fingerprint density at radius 1 is 1.21 bits per heavy atom. The zero-order chi connectivity index (χ0) is 14.2. The van der Waals surface area contributed by atoms with Gasteiger partial charge in [-0.25, -0.2) is 8.78 Å². The second-order valence-corrected chi connectivity index (χ2v) is 6.28. The SMILES string of the molecule is OC(c1cc(Cl)ccc1I)c1c(F)ccc(Br)c1F. The van der Waals surface area contributed by atoms with Crippen molar-refractivity contribution in [3.63, 3.8) is 0 Å². The smallest absolute Gasteiger partial charge is 0.146 e. The number of hydrogen-bond donors (Lipinski definition) is 1. The lowest BCUT2D eigenvalue weighted by Gasteiger charge is -2.16. The highest BCUT2D eigenvalue weighted by atomic mass is 127. The minimum atomic E-state index is -1.41. The molecule has 0 saturated heterocycles. The minimum absolute atomic E-state index is 0.0972. The maximum Gasteiger partial charge on any atom is 0.146 e. The molecule has 19 heavy (non-hydrogen) atoms. The van der Waals surface area contributed by atoms with Gasteiger partial charge in [-0.15, -0.1) is 0 Å². The van der Waals surface area contributed by atoms with Crippen molar-refractivity contribution in [1.82, 2.24) is 0 Å². The fraction of sp³-hybridized carbons (Fsp3) is 0.0769. The van der Waals surface area contributed by atoms with E-state index in [1.54, 1.807) is 12.1 Å². The quantitative estimate of drug-likeness (QED) is 0.491. The molecule has 0 fully saturated rings. The zero-order valence-corrected chi connectivity index (χ0v) is 13.8. The summed E-state index contributed by atoms with van der Waals surface area (Å²) in [6, 6.07) is 7.17. The number of halogens is 5. The predicted octanol–water partition coefficient (Wildman–Crippen LogP) is 5.07. The van der Waals surface area contributed by atoms with Gasteiger partial charge in [-0.3, -0.25) is 0 Å². The molecule has 1 unspecified atom stereocenters. The fourth-order valence-corrected chi connectivity index (χ4v) is 2.83. The molecule has 2 aromatic carbocycles. The van der Waals surface area contributed by atoms with Crippen LogP contribution in [0.3, 0.4) is 0 Å². The molecule has 0 heterocycles. The molecule has 0 radical (unpaired) electrons. The first-order valence-electron chi connectivity index (χ1n) is 5.18. The Morgan fingerprint density at radius 2 is 1.89 bits per heavy atom. The second-order valence-electron chi connectivity index (χ2n) is 3.83. The van der Waals surface area contributed by atoms with Crippen molar-refractivity contribution >= 4 is 50.1 Å². The highest BCUT2D eigenvalue weighted by Crippen LogP contribution is 2.33. The van der Waals surface area contributed by atoms with Crippen molar-refractivity contribution in [2.75, 3.05) is 0 Å². The standard InChI is InChI=1S/C13H7BrClF2IO/c14-8-2-3-9(16)11(12(8)17)13(19)7-5-6(15)1-4-10(7)18/h1-5,13,19H. The molecule has 0 aromatic heterocycles. The lowest BCUT2D eigenvalue weighted by Crippen LogP contribution is -2.08. The van der Waals surface area contributed by atoms with Gasteiger partial charge in [0.25, 0.3) is 0 Å². The van der Waals surface area contributed by atoms with Crippen molar-refractivity contribution in [2.45, 2.75) is 6.10 Å². The van der Waals surface area contributed by atoms with Crippen molar-refractivity contribution in [2.24, 2.45) is 0 Å². The van der Waals surface area contributed by atoms with E-state index in [2.05, 4.69) is 15.9 Å². The molecule has 1 atom stereocenters. The van der Waals surface area contributed by atoms with Gasteiger partial charge in [-0.05, 0) is 74.4 Å². The van der Waals surface area contributed by atoms with Crippen LogP contribution in [-0.4, -0.2) is 5.11 Å². The maximum atomic E-state index is 13.9. The molecule has 2 aromatic rings. The van der Waals surface area contributed by atoms with Gasteiger partial charge in [-0.2, -0.15) is 0 Å². The van der Waals surface area contributed by atoms with E-state index in [1.165, 1.54) is 12.1 Å². The molecule has 0 amide bonds. The molecule has 0 saturated carbocycles. The van der Waals surface area contributed by atoms with Crippen LogP contribution >= 0.6 is 50.1 Å². The number of aliphatic hydroxyl groups excluding tert-OH is 1. The molecular weight excluding hydrogens is 452 g/mol. The summed E-state index contributed by atoms with van der Waals surface area (Å²) in [5, 5.41) is 10.6. The molecule has 2 rings (SSSR count). The van der Waals surface area contributed by atoms with Gasteiger partial charge in [0, 0.05) is 8.59 Å². The molecular formula is C13H7BrClF2IO. The van der Waals surface area contributed by atoms with Gasteiger partial charge in [0.1, 0.15) is 17.7 Å². The Hall–Kier alpha value is -0.240. The van der Waals surface area contributed by atoms with E-state index >= 15 is 0 Å². The summed E-state index contributed by atoms with van der Waals surface area (Å²) >= 11 is 10.8. The van der Waals surface area contributed by atoms with E-state index in [0.717, 1.165) is 6.07 Å². The van der Waals surface area contributed by atoms with Crippen LogP contribution in [0.15, 0.2) is 34.8 Å². The zero-order valence-electron chi connectivity index (χ0n) is 9.30. The highest BCUT2D eigenvalue weighted by Gasteiger charge is 2.23. The summed E-state index contributed by atoms with van der Waals surface area (Å²) < 4.78 is 28.5. The van der Waals surface area contributed by atoms with Crippen molar-refractivity contribution in [3.8, 4) is 0 Å². The number of rotatable bonds is 2. The van der Waals surface area contributed by atoms with Crippen LogP contribution in [0.1, 0.15) is 17.2 Å². The van der Waals surface area contributed by atoms with E-state index in [4.69, 9.17) is 11.6 Å². The Bertz CT molecular complexity index is 636. The molecule has 100 valence electrons. The van der Waals surface area contributed by atoms with Crippen LogP contribution in [0.4, 0.5) is 8.78 Å². The first-order chi connectivity index (χ1) is 8.91. The lowest BCUT2D eigenvalue weighted by atomic mass is 10.0. The Labute approximate surface area is 135 Å². The molecule has 1 N–H and O–H groups in total. The molecule has 1 nitrogen and oxygen atoms in total. The molecule has 0 spiro atoms. The molecule has 0 aliphatic carbocycles. The summed E-state index contributed by atoms with van der Waals surface area (Å²) in [6.45, 7) is 0. The first-order valence-corrected chi connectivity index (χ1v) is 7.43. The number of aliphatic hydroxyl groups is 1. The average molecular weight is 459 g/mol. The van der Waals surface area contributed by atoms with E-state index in [1.807, 2.05) is 22.6 Å². The van der Waals surface area contributed by atoms with Gasteiger partial charge >= 0.3 is 0 Å². The topological polar surface area (TPSA) is 20.2 Å². The summed E-state index contributed by atoms with van der Waals surface area (Å²) in [6.07, 6.45) is -1.41. The minimum Gasteiger partial charge on any atom is -0.383 e. The number of hydrogen-bond acceptors (Lipinski definition) is 1. The van der Waals surface area contributed by atoms with Crippen LogP contribution in [0, 0.1) is 15.2 Å². The third kappa shape index (κ3) is 3.09. The van der Waals surface area contributed by atoms with E-state index in [-0.39, 0.29) is 4.47 Å². The Kier molecular flexibility index (Phi) is 4.81. The molecule has 6 heteroatoms. The van der Waals surface area contributed by atoms with Crippen molar-refractivity contribution < 1.29 is 13.9 Å². The van der Waals surface area contributed by atoms with Gasteiger partial charge in [0.15, 0.2) is 0 Å². The second kappa shape index (κ2) is 6.03. The van der Waals surface area contributed by atoms with Gasteiger partial charge in [0.2, 0.25) is 0 Å². The highest BCUT2D eigenvalue weighted by molar-refractivity contribution is 14.1. The molecule has 0 aliphatic rings. The van der Waals surface area contributed by atoms with Crippen molar-refractivity contribution in [3.05, 3.63) is 66.2 Å². The van der Waals surface area contributed by atoms with E-state index in [9.17, 15) is 13.9 Å². The fourth-order valence-electron chi connectivity index (χ4n) is 1.67. The Morgan fingerprint density at radius 3 is 2.58 bits per heavy atom. The van der Waals surface area contributed by atoms with Gasteiger partial charge in [0.05, 0.1) is 10.0 Å². The third-order valence-electron chi connectivity index (χ3n) is 2.61. The van der Waals surface area contributed by atoms with Crippen LogP contribution in [0.2, 0.25) is 5.02 Å². The normalized spacial score (nSPS) is 12.5. The lowest BCUT2D eigenvalue weighted by molar-refractivity contribution is 0.208. The van der Waals surface area contributed by atoms with Crippen LogP contribution in [0.5, 0.6) is 0 Å². The van der Waals surface area contributed by atoms with Crippen LogP contribution in [-0.2, 0) is 0 Å². The summed E-state index contributed by atoms with van der Waals surface area (Å²) in [5.41, 5.74) is -0.0291. The molecule has 0 aliphatic heterocycles. The largest absolute Gasteiger partial charge is 0.383 e. The van der Waals surface area contributed by atoms with E-state index in [0.29, 0.717) is 14.2 Å². The Balaban J connectivity index is 2.59. The van der Waals surface area contributed by atoms with Crippen LogP contribution < -0.4 is 0 Å². The first kappa shape index (κ1) is 15.2. The number of benzene rings is 2. The maximum absolute atomic E-state index is 13.9. The third-order valence-corrected chi connectivity index (χ3v) is 4.44.